The van der Waals surface area contributed by atoms with Crippen molar-refractivity contribution in [2.24, 2.45) is 0 Å². The van der Waals surface area contributed by atoms with Gasteiger partial charge in [-0.05, 0) is 24.1 Å². The molecule has 1 aromatic heterocycles. The molecule has 0 aliphatic carbocycles. The number of hydrogen-bond donors (Lipinski definition) is 2. The zero-order chi connectivity index (χ0) is 12.3. The molecule has 0 fully saturated rings. The van der Waals surface area contributed by atoms with E-state index < -0.39 is 0 Å². The van der Waals surface area contributed by atoms with E-state index in [4.69, 9.17) is 17.3 Å². The van der Waals surface area contributed by atoms with Crippen molar-refractivity contribution in [2.75, 3.05) is 11.1 Å². The van der Waals surface area contributed by atoms with Crippen LogP contribution in [-0.2, 0) is 0 Å². The number of nitrogens with zero attached hydrogens (tertiary/aromatic N) is 3. The van der Waals surface area contributed by atoms with Gasteiger partial charge in [0.25, 0.3) is 0 Å². The van der Waals surface area contributed by atoms with Gasteiger partial charge in [0, 0.05) is 0 Å². The van der Waals surface area contributed by atoms with Crippen molar-refractivity contribution in [1.29, 1.82) is 0 Å². The molecule has 3 N–H and O–H groups in total. The van der Waals surface area contributed by atoms with E-state index in [0.717, 1.165) is 5.56 Å². The van der Waals surface area contributed by atoms with Gasteiger partial charge in [0.2, 0.25) is 17.2 Å². The molecule has 1 aromatic carbocycles. The number of hydrogen-bond acceptors (Lipinski definition) is 5. The maximum atomic E-state index is 5.70. The Morgan fingerprint density at radius 2 is 1.88 bits per heavy atom. The summed E-state index contributed by atoms with van der Waals surface area (Å²) in [7, 11) is 0. The molecule has 17 heavy (non-hydrogen) atoms. The van der Waals surface area contributed by atoms with E-state index in [1.165, 1.54) is 0 Å². The van der Waals surface area contributed by atoms with Crippen molar-refractivity contribution in [1.82, 2.24) is 15.0 Å². The molecule has 88 valence electrons. The van der Waals surface area contributed by atoms with Crippen LogP contribution in [0, 0.1) is 0 Å². The second kappa shape index (κ2) is 4.97. The Kier molecular flexibility index (Phi) is 3.39. The van der Waals surface area contributed by atoms with Crippen LogP contribution in [0.1, 0.15) is 18.5 Å². The van der Waals surface area contributed by atoms with E-state index in [1.807, 2.05) is 37.3 Å². The molecule has 0 aliphatic heterocycles. The van der Waals surface area contributed by atoms with E-state index in [9.17, 15) is 0 Å². The first-order valence-corrected chi connectivity index (χ1v) is 5.51. The topological polar surface area (TPSA) is 76.7 Å². The minimum absolute atomic E-state index is 0.0640. The summed E-state index contributed by atoms with van der Waals surface area (Å²) in [4.78, 5) is 11.6. The van der Waals surface area contributed by atoms with Gasteiger partial charge in [0.05, 0.1) is 6.04 Å². The molecule has 0 unspecified atom stereocenters. The van der Waals surface area contributed by atoms with Gasteiger partial charge in [-0.1, -0.05) is 30.3 Å². The van der Waals surface area contributed by atoms with E-state index in [0.29, 0.717) is 5.95 Å². The summed E-state index contributed by atoms with van der Waals surface area (Å²) in [6, 6.07) is 10.0. The molecule has 0 amide bonds. The van der Waals surface area contributed by atoms with Gasteiger partial charge in [-0.15, -0.1) is 0 Å². The maximum Gasteiger partial charge on any atom is 0.229 e. The quantitative estimate of drug-likeness (QED) is 0.873. The molecule has 6 heteroatoms. The lowest BCUT2D eigenvalue weighted by Crippen LogP contribution is -2.11. The average molecular weight is 250 g/mol. The Hall–Kier alpha value is -1.88. The molecule has 0 spiro atoms. The van der Waals surface area contributed by atoms with Crippen molar-refractivity contribution in [3.63, 3.8) is 0 Å². The van der Waals surface area contributed by atoms with Gasteiger partial charge in [0.15, 0.2) is 0 Å². The van der Waals surface area contributed by atoms with Gasteiger partial charge < -0.3 is 11.1 Å². The predicted octanol–water partition coefficient (Wildman–Crippen LogP) is 2.28. The molecule has 1 heterocycles. The number of aromatic nitrogens is 3. The summed E-state index contributed by atoms with van der Waals surface area (Å²) < 4.78 is 0. The Morgan fingerprint density at radius 3 is 2.53 bits per heavy atom. The first-order chi connectivity index (χ1) is 8.15. The predicted molar refractivity (Wildman–Crippen MR) is 67.7 cm³/mol. The molecule has 0 aliphatic rings. The van der Waals surface area contributed by atoms with Crippen LogP contribution < -0.4 is 11.1 Å². The fourth-order valence-electron chi connectivity index (χ4n) is 1.45. The minimum atomic E-state index is 0.0640. The lowest BCUT2D eigenvalue weighted by Gasteiger charge is -2.13. The third-order valence-electron chi connectivity index (χ3n) is 2.27. The molecule has 5 nitrogen and oxygen atoms in total. The van der Waals surface area contributed by atoms with Crippen molar-refractivity contribution in [3.05, 3.63) is 41.2 Å². The summed E-state index contributed by atoms with van der Waals surface area (Å²) >= 11 is 5.70. The molecular formula is C11H12ClN5. The molecular weight excluding hydrogens is 238 g/mol. The Balaban J connectivity index is 2.16. The monoisotopic (exact) mass is 249 g/mol. The van der Waals surface area contributed by atoms with Crippen molar-refractivity contribution in [3.8, 4) is 0 Å². The largest absolute Gasteiger partial charge is 0.368 e. The van der Waals surface area contributed by atoms with Crippen LogP contribution in [0.2, 0.25) is 5.28 Å². The zero-order valence-electron chi connectivity index (χ0n) is 9.26. The van der Waals surface area contributed by atoms with Gasteiger partial charge in [0.1, 0.15) is 0 Å². The van der Waals surface area contributed by atoms with Crippen molar-refractivity contribution < 1.29 is 0 Å². The SMILES string of the molecule is C[C@H](Nc1nc(N)nc(Cl)n1)c1ccccc1. The number of nitrogen functional groups attached to an aromatic ring is 1. The summed E-state index contributed by atoms with van der Waals surface area (Å²) in [6.45, 7) is 2.00. The Morgan fingerprint density at radius 1 is 1.18 bits per heavy atom. The van der Waals surface area contributed by atoms with E-state index in [-0.39, 0.29) is 17.3 Å². The van der Waals surface area contributed by atoms with Crippen molar-refractivity contribution in [2.45, 2.75) is 13.0 Å². The highest BCUT2D eigenvalue weighted by atomic mass is 35.5. The smallest absolute Gasteiger partial charge is 0.229 e. The molecule has 0 saturated carbocycles. The normalized spacial score (nSPS) is 12.1. The second-order valence-electron chi connectivity index (χ2n) is 3.56. The lowest BCUT2D eigenvalue weighted by atomic mass is 10.1. The van der Waals surface area contributed by atoms with Crippen LogP contribution in [-0.4, -0.2) is 15.0 Å². The van der Waals surface area contributed by atoms with Crippen LogP contribution in [0.25, 0.3) is 0 Å². The molecule has 0 radical (unpaired) electrons. The van der Waals surface area contributed by atoms with Crippen LogP contribution in [0.5, 0.6) is 0 Å². The van der Waals surface area contributed by atoms with Gasteiger partial charge in [-0.25, -0.2) is 0 Å². The Labute approximate surface area is 104 Å². The molecule has 1 atom stereocenters. The highest BCUT2D eigenvalue weighted by molar-refractivity contribution is 6.28. The molecule has 0 saturated heterocycles. The third-order valence-corrected chi connectivity index (χ3v) is 2.44. The van der Waals surface area contributed by atoms with E-state index in [1.54, 1.807) is 0 Å². The zero-order valence-corrected chi connectivity index (χ0v) is 10.0. The summed E-state index contributed by atoms with van der Waals surface area (Å²) in [5.74, 6) is 0.478. The lowest BCUT2D eigenvalue weighted by molar-refractivity contribution is 0.855. The van der Waals surface area contributed by atoms with Crippen LogP contribution >= 0.6 is 11.6 Å². The number of nitrogens with one attached hydrogen (secondary N) is 1. The van der Waals surface area contributed by atoms with Gasteiger partial charge in [-0.3, -0.25) is 0 Å². The molecule has 0 bridgehead atoms. The van der Waals surface area contributed by atoms with Gasteiger partial charge >= 0.3 is 0 Å². The molecule has 2 aromatic rings. The fraction of sp³-hybridized carbons (Fsp3) is 0.182. The highest BCUT2D eigenvalue weighted by Gasteiger charge is 2.08. The third kappa shape index (κ3) is 3.04. The fourth-order valence-corrected chi connectivity index (χ4v) is 1.62. The first kappa shape index (κ1) is 11.6. The van der Waals surface area contributed by atoms with Gasteiger partial charge in [-0.2, -0.15) is 15.0 Å². The van der Waals surface area contributed by atoms with Crippen LogP contribution in [0.4, 0.5) is 11.9 Å². The summed E-state index contributed by atoms with van der Waals surface area (Å²) in [5.41, 5.74) is 6.61. The minimum Gasteiger partial charge on any atom is -0.368 e. The molecule has 2 rings (SSSR count). The standard InChI is InChI=1S/C11H12ClN5/c1-7(8-5-3-2-4-6-8)14-11-16-9(12)15-10(13)17-11/h2-7H,1H3,(H3,13,14,15,16,17)/t7-/m0/s1. The maximum absolute atomic E-state index is 5.70. The van der Waals surface area contributed by atoms with E-state index in [2.05, 4.69) is 20.3 Å². The number of nitrogens with two attached hydrogens (primary N) is 1. The number of halogens is 1. The summed E-state index contributed by atoms with van der Waals surface area (Å²) in [6.07, 6.45) is 0. The Bertz CT molecular complexity index is 482. The number of anilines is 2. The van der Waals surface area contributed by atoms with Crippen molar-refractivity contribution >= 4 is 23.5 Å². The first-order valence-electron chi connectivity index (χ1n) is 5.13. The van der Waals surface area contributed by atoms with Crippen LogP contribution in [0.15, 0.2) is 30.3 Å². The second-order valence-corrected chi connectivity index (χ2v) is 3.90. The summed E-state index contributed by atoms with van der Waals surface area (Å²) in [5, 5.41) is 3.20. The van der Waals surface area contributed by atoms with Crippen LogP contribution in [0.3, 0.4) is 0 Å². The number of benzene rings is 1. The van der Waals surface area contributed by atoms with E-state index >= 15 is 0 Å². The highest BCUT2D eigenvalue weighted by Crippen LogP contribution is 2.17. The average Bonchev–Trinajstić information content (AvgIpc) is 2.28. The number of rotatable bonds is 3.